The van der Waals surface area contributed by atoms with E-state index in [2.05, 4.69) is 21.2 Å². The van der Waals surface area contributed by atoms with E-state index in [1.807, 2.05) is 6.92 Å². The van der Waals surface area contributed by atoms with Crippen molar-refractivity contribution < 1.29 is 19.1 Å². The minimum absolute atomic E-state index is 0.108. The van der Waals surface area contributed by atoms with Crippen LogP contribution in [0.25, 0.3) is 6.08 Å². The maximum atomic E-state index is 13.4. The first kappa shape index (κ1) is 28.7. The summed E-state index contributed by atoms with van der Waals surface area (Å²) in [7, 11) is 0. The molecule has 0 spiro atoms. The minimum atomic E-state index is -0.656. The maximum absolute atomic E-state index is 13.4. The van der Waals surface area contributed by atoms with Gasteiger partial charge in [-0.3, -0.25) is 19.8 Å². The van der Waals surface area contributed by atoms with Gasteiger partial charge in [0.2, 0.25) is 0 Å². The van der Waals surface area contributed by atoms with Gasteiger partial charge in [0.1, 0.15) is 12.2 Å². The fourth-order valence-electron chi connectivity index (χ4n) is 3.57. The molecule has 3 aromatic carbocycles. The molecular formula is C26H17BrCl4N2O4S. The van der Waals surface area contributed by atoms with E-state index in [0.717, 1.165) is 10.5 Å². The summed E-state index contributed by atoms with van der Waals surface area (Å²) in [5.41, 5.74) is 1.40. The fraction of sp³-hybridized carbons (Fsp3) is 0.115. The Kier molecular flexibility index (Phi) is 9.23. The predicted molar refractivity (Wildman–Crippen MR) is 159 cm³/mol. The van der Waals surface area contributed by atoms with Gasteiger partial charge in [-0.15, -0.1) is 0 Å². The van der Waals surface area contributed by atoms with Gasteiger partial charge in [0.25, 0.3) is 11.8 Å². The molecule has 1 saturated heterocycles. The third-order valence-corrected chi connectivity index (χ3v) is 7.71. The van der Waals surface area contributed by atoms with Gasteiger partial charge in [0.05, 0.1) is 36.9 Å². The van der Waals surface area contributed by atoms with E-state index < -0.39 is 11.8 Å². The Labute approximate surface area is 252 Å². The zero-order valence-electron chi connectivity index (χ0n) is 19.5. The number of halogens is 5. The molecule has 1 aliphatic rings. The number of hydrogen-bond acceptors (Lipinski definition) is 5. The van der Waals surface area contributed by atoms with Crippen molar-refractivity contribution in [3.05, 3.63) is 89.8 Å². The van der Waals surface area contributed by atoms with Gasteiger partial charge >= 0.3 is 0 Å². The van der Waals surface area contributed by atoms with Gasteiger partial charge in [0, 0.05) is 0 Å². The number of ether oxygens (including phenoxy) is 2. The first-order chi connectivity index (χ1) is 18.1. The van der Waals surface area contributed by atoms with Crippen LogP contribution in [-0.2, 0) is 16.2 Å². The number of nitrogens with zero attached hydrogens (tertiary/aromatic N) is 1. The van der Waals surface area contributed by atoms with E-state index >= 15 is 0 Å². The zero-order valence-corrected chi connectivity index (χ0v) is 24.9. The van der Waals surface area contributed by atoms with Gasteiger partial charge in [0.15, 0.2) is 16.6 Å². The number of benzene rings is 3. The summed E-state index contributed by atoms with van der Waals surface area (Å²) in [4.78, 5) is 27.3. The second-order valence-electron chi connectivity index (χ2n) is 7.83. The molecule has 0 bridgehead atoms. The maximum Gasteiger partial charge on any atom is 0.270 e. The lowest BCUT2D eigenvalue weighted by Gasteiger charge is -2.29. The third-order valence-electron chi connectivity index (χ3n) is 5.28. The number of amides is 2. The second kappa shape index (κ2) is 12.2. The van der Waals surface area contributed by atoms with Crippen molar-refractivity contribution >= 4 is 103 Å². The largest absolute Gasteiger partial charge is 0.490 e. The zero-order chi connectivity index (χ0) is 27.6. The molecule has 0 unspecified atom stereocenters. The van der Waals surface area contributed by atoms with Crippen molar-refractivity contribution in [3.8, 4) is 11.5 Å². The van der Waals surface area contributed by atoms with E-state index in [0.29, 0.717) is 38.2 Å². The first-order valence-corrected chi connectivity index (χ1v) is 13.7. The Balaban J connectivity index is 1.67. The molecule has 0 saturated carbocycles. The molecule has 0 aromatic heterocycles. The van der Waals surface area contributed by atoms with Gasteiger partial charge < -0.3 is 9.47 Å². The lowest BCUT2D eigenvalue weighted by Crippen LogP contribution is -2.54. The number of carbonyl (C=O) groups is 2. The molecule has 3 aromatic rings. The van der Waals surface area contributed by atoms with E-state index in [9.17, 15) is 9.59 Å². The van der Waals surface area contributed by atoms with Crippen LogP contribution in [0, 0.1) is 0 Å². The van der Waals surface area contributed by atoms with Crippen LogP contribution in [0.4, 0.5) is 5.69 Å². The average Bonchev–Trinajstić information content (AvgIpc) is 2.86. The SMILES string of the molecule is CCOc1cc(/C=C2\C(=O)NC(=S)N(c3cccc(Cl)c3Cl)C2=O)cc(Br)c1OCc1ccc(Cl)c(Cl)c1. The molecule has 38 heavy (non-hydrogen) atoms. The van der Waals surface area contributed by atoms with Crippen LogP contribution in [-0.4, -0.2) is 23.5 Å². The van der Waals surface area contributed by atoms with Gasteiger partial charge in [-0.25, -0.2) is 0 Å². The minimum Gasteiger partial charge on any atom is -0.490 e. The predicted octanol–water partition coefficient (Wildman–Crippen LogP) is 7.87. The van der Waals surface area contributed by atoms with Crippen molar-refractivity contribution in [2.45, 2.75) is 13.5 Å². The van der Waals surface area contributed by atoms with Gasteiger partial charge in [-0.2, -0.15) is 0 Å². The smallest absolute Gasteiger partial charge is 0.270 e. The summed E-state index contributed by atoms with van der Waals surface area (Å²) in [5, 5.41) is 3.65. The number of rotatable bonds is 7. The van der Waals surface area contributed by atoms with Crippen molar-refractivity contribution in [3.63, 3.8) is 0 Å². The highest BCUT2D eigenvalue weighted by atomic mass is 79.9. The first-order valence-electron chi connectivity index (χ1n) is 11.0. The fourth-order valence-corrected chi connectivity index (χ4v) is 5.12. The Bertz CT molecular complexity index is 1500. The number of hydrogen-bond donors (Lipinski definition) is 1. The van der Waals surface area contributed by atoms with Crippen molar-refractivity contribution in [1.29, 1.82) is 0 Å². The van der Waals surface area contributed by atoms with Gasteiger partial charge in [-0.1, -0.05) is 58.5 Å². The van der Waals surface area contributed by atoms with Crippen LogP contribution in [0.15, 0.2) is 58.6 Å². The van der Waals surface area contributed by atoms with E-state index in [-0.39, 0.29) is 33.0 Å². The Morgan fingerprint density at radius 2 is 1.76 bits per heavy atom. The van der Waals surface area contributed by atoms with Crippen LogP contribution >= 0.6 is 74.6 Å². The molecule has 12 heteroatoms. The van der Waals surface area contributed by atoms with E-state index in [1.165, 1.54) is 6.08 Å². The highest BCUT2D eigenvalue weighted by Gasteiger charge is 2.35. The Morgan fingerprint density at radius 1 is 1.00 bits per heavy atom. The normalized spacial score (nSPS) is 14.6. The van der Waals surface area contributed by atoms with Gasteiger partial charge in [-0.05, 0) is 88.7 Å². The quantitative estimate of drug-likeness (QED) is 0.157. The van der Waals surface area contributed by atoms with Crippen LogP contribution in [0.5, 0.6) is 11.5 Å². The molecule has 4 rings (SSSR count). The Hall–Kier alpha value is -2.33. The molecule has 1 aliphatic heterocycles. The molecule has 0 atom stereocenters. The topological polar surface area (TPSA) is 67.9 Å². The molecule has 0 radical (unpaired) electrons. The average molecular weight is 675 g/mol. The molecule has 1 fully saturated rings. The lowest BCUT2D eigenvalue weighted by molar-refractivity contribution is -0.122. The summed E-state index contributed by atoms with van der Waals surface area (Å²) < 4.78 is 12.3. The van der Waals surface area contributed by atoms with E-state index in [4.69, 9.17) is 68.1 Å². The number of nitrogens with one attached hydrogen (secondary N) is 1. The highest BCUT2D eigenvalue weighted by molar-refractivity contribution is 9.10. The Morgan fingerprint density at radius 3 is 2.47 bits per heavy atom. The summed E-state index contributed by atoms with van der Waals surface area (Å²) in [6.07, 6.45) is 1.43. The van der Waals surface area contributed by atoms with Crippen LogP contribution in [0.3, 0.4) is 0 Å². The summed E-state index contributed by atoms with van der Waals surface area (Å²) in [6, 6.07) is 13.4. The lowest BCUT2D eigenvalue weighted by atomic mass is 10.1. The second-order valence-corrected chi connectivity index (χ2v) is 10.7. The van der Waals surface area contributed by atoms with Crippen LogP contribution in [0.1, 0.15) is 18.1 Å². The summed E-state index contributed by atoms with van der Waals surface area (Å²) in [6.45, 7) is 2.38. The molecule has 1 N–H and O–H groups in total. The molecule has 0 aliphatic carbocycles. The van der Waals surface area contributed by atoms with E-state index in [1.54, 1.807) is 48.5 Å². The molecule has 6 nitrogen and oxygen atoms in total. The number of thiocarbonyl (C=S) groups is 1. The highest BCUT2D eigenvalue weighted by Crippen LogP contribution is 2.39. The van der Waals surface area contributed by atoms with Crippen LogP contribution in [0.2, 0.25) is 20.1 Å². The standard InChI is InChI=1S/C26H17BrCl4N2O4S/c1-2-36-21-11-14(9-16(27)23(21)37-12-13-6-7-17(28)19(30)10-13)8-15-24(34)32-26(38)33(25(15)35)20-5-3-4-18(29)22(20)31/h3-11H,2,12H2,1H3,(H,32,34,38)/b15-8+. The van der Waals surface area contributed by atoms with Crippen molar-refractivity contribution in [1.82, 2.24) is 5.32 Å². The molecule has 2 amide bonds. The third kappa shape index (κ3) is 6.11. The summed E-state index contributed by atoms with van der Waals surface area (Å²) in [5.74, 6) is -0.462. The van der Waals surface area contributed by atoms with Crippen LogP contribution < -0.4 is 19.7 Å². The monoisotopic (exact) mass is 672 g/mol. The van der Waals surface area contributed by atoms with Crippen molar-refractivity contribution in [2.24, 2.45) is 0 Å². The molecule has 196 valence electrons. The number of anilines is 1. The summed E-state index contributed by atoms with van der Waals surface area (Å²) >= 11 is 33.3. The van der Waals surface area contributed by atoms with Crippen molar-refractivity contribution in [2.75, 3.05) is 11.5 Å². The molecular weight excluding hydrogens is 658 g/mol. The number of carbonyl (C=O) groups excluding carboxylic acids is 2. The molecule has 1 heterocycles.